The van der Waals surface area contributed by atoms with E-state index in [0.29, 0.717) is 13.0 Å². The first-order valence-corrected chi connectivity index (χ1v) is 12.5. The number of anilines is 2. The predicted octanol–water partition coefficient (Wildman–Crippen LogP) is 1.59. The number of hydrogen-bond acceptors (Lipinski definition) is 9. The highest BCUT2D eigenvalue weighted by Gasteiger charge is 2.40. The molecule has 3 heterocycles. The Hall–Kier alpha value is -2.99. The molecule has 0 unspecified atom stereocenters. The van der Waals surface area contributed by atoms with E-state index in [2.05, 4.69) is 21.0 Å². The van der Waals surface area contributed by atoms with Crippen molar-refractivity contribution in [1.82, 2.24) is 20.6 Å². The van der Waals surface area contributed by atoms with Crippen LogP contribution in [0.15, 0.2) is 36.5 Å². The second-order valence-corrected chi connectivity index (χ2v) is 9.93. The van der Waals surface area contributed by atoms with Gasteiger partial charge in [-0.3, -0.25) is 14.6 Å². The van der Waals surface area contributed by atoms with Crippen LogP contribution in [-0.4, -0.2) is 64.3 Å². The molecule has 35 heavy (non-hydrogen) atoms. The van der Waals surface area contributed by atoms with Gasteiger partial charge >= 0.3 is 0 Å². The van der Waals surface area contributed by atoms with Gasteiger partial charge in [-0.2, -0.15) is 0 Å². The van der Waals surface area contributed by atoms with E-state index in [1.54, 1.807) is 14.0 Å². The van der Waals surface area contributed by atoms with E-state index >= 15 is 0 Å². The number of nitrogens with zero attached hydrogens (tertiary/aromatic N) is 3. The second kappa shape index (κ2) is 10.7. The molecule has 0 bridgehead atoms. The molecule has 4 rings (SSSR count). The second-order valence-electron chi connectivity index (χ2n) is 8.73. The smallest absolute Gasteiger partial charge is 0.255 e. The van der Waals surface area contributed by atoms with Crippen LogP contribution in [0.3, 0.4) is 0 Å². The zero-order chi connectivity index (χ0) is 25.1. The Morgan fingerprint density at radius 1 is 1.23 bits per heavy atom. The molecule has 4 atom stereocenters. The number of aryl methyl sites for hydroxylation is 1. The fourth-order valence-corrected chi connectivity index (χ4v) is 5.25. The number of rotatable bonds is 8. The molecule has 0 spiro atoms. The standard InChI is InChI=1S/C24H32N6O4S/c1-14(16-7-9-17(10-8-16)30-13-5-11-26-30)27-22(33)20(31)21(32)23(34)29-12-4-6-18(29)19-15(2)35-24(25-3)28-19/h5,7-10,13-14,18,20-21,26,31-32H,4,6,11-12H2,1-3H3,(H,25,28)(H,27,33)/t14-,18-,20-,21-/m1/s1. The number of aromatic nitrogens is 1. The van der Waals surface area contributed by atoms with Gasteiger partial charge in [0.15, 0.2) is 17.3 Å². The number of carbonyl (C=O) groups excluding carboxylic acids is 2. The van der Waals surface area contributed by atoms with Crippen LogP contribution in [0.25, 0.3) is 0 Å². The molecule has 11 heteroatoms. The van der Waals surface area contributed by atoms with E-state index in [4.69, 9.17) is 0 Å². The highest BCUT2D eigenvalue weighted by molar-refractivity contribution is 7.15. The molecule has 2 amide bonds. The van der Waals surface area contributed by atoms with Crippen molar-refractivity contribution in [2.24, 2.45) is 0 Å². The minimum Gasteiger partial charge on any atom is -0.380 e. The lowest BCUT2D eigenvalue weighted by molar-refractivity contribution is -0.154. The minimum absolute atomic E-state index is 0.289. The molecule has 0 radical (unpaired) electrons. The third kappa shape index (κ3) is 5.32. The van der Waals surface area contributed by atoms with Gasteiger partial charge in [0.1, 0.15) is 0 Å². The molecule has 188 valence electrons. The van der Waals surface area contributed by atoms with Crippen molar-refractivity contribution in [2.45, 2.75) is 51.0 Å². The van der Waals surface area contributed by atoms with E-state index in [-0.39, 0.29) is 6.04 Å². The summed E-state index contributed by atoms with van der Waals surface area (Å²) >= 11 is 1.50. The maximum absolute atomic E-state index is 13.1. The van der Waals surface area contributed by atoms with Gasteiger partial charge in [0, 0.05) is 31.2 Å². The summed E-state index contributed by atoms with van der Waals surface area (Å²) in [7, 11) is 1.79. The SMILES string of the molecule is CNc1nc([C@H]2CCCN2C(=O)[C@H](O)[C@@H](O)C(=O)N[C@H](C)c2ccc(N3C=CCN3)cc2)c(C)s1. The molecular formula is C24H32N6O4S. The Kier molecular flexibility index (Phi) is 7.70. The molecule has 1 saturated heterocycles. The number of amides is 2. The van der Waals surface area contributed by atoms with Crippen LogP contribution in [-0.2, 0) is 9.59 Å². The Labute approximate surface area is 208 Å². The van der Waals surface area contributed by atoms with Gasteiger partial charge in [0.25, 0.3) is 11.8 Å². The van der Waals surface area contributed by atoms with Crippen LogP contribution in [0.2, 0.25) is 0 Å². The molecule has 1 fully saturated rings. The molecular weight excluding hydrogens is 468 g/mol. The van der Waals surface area contributed by atoms with Gasteiger partial charge in [-0.25, -0.2) is 10.4 Å². The lowest BCUT2D eigenvalue weighted by Gasteiger charge is -2.28. The minimum atomic E-state index is -1.88. The van der Waals surface area contributed by atoms with E-state index in [9.17, 15) is 19.8 Å². The van der Waals surface area contributed by atoms with Gasteiger partial charge in [-0.15, -0.1) is 11.3 Å². The molecule has 1 aromatic heterocycles. The highest BCUT2D eigenvalue weighted by atomic mass is 32.1. The monoisotopic (exact) mass is 500 g/mol. The molecule has 2 aliphatic heterocycles. The zero-order valence-corrected chi connectivity index (χ0v) is 20.9. The summed E-state index contributed by atoms with van der Waals surface area (Å²) in [6.07, 6.45) is 1.68. The number of aliphatic hydroxyl groups is 2. The summed E-state index contributed by atoms with van der Waals surface area (Å²) in [5.74, 6) is -1.47. The maximum atomic E-state index is 13.1. The third-order valence-electron chi connectivity index (χ3n) is 6.38. The normalized spacial score (nSPS) is 20.1. The fourth-order valence-electron chi connectivity index (χ4n) is 4.43. The van der Waals surface area contributed by atoms with Crippen LogP contribution in [0.4, 0.5) is 10.8 Å². The Morgan fingerprint density at radius 3 is 2.60 bits per heavy atom. The summed E-state index contributed by atoms with van der Waals surface area (Å²) in [6, 6.07) is 6.89. The summed E-state index contributed by atoms with van der Waals surface area (Å²) in [4.78, 5) is 32.8. The number of nitrogens with one attached hydrogen (secondary N) is 3. The number of aliphatic hydroxyl groups excluding tert-OH is 2. The number of hydrogen-bond donors (Lipinski definition) is 5. The summed E-state index contributed by atoms with van der Waals surface area (Å²) in [5.41, 5.74) is 5.76. The van der Waals surface area contributed by atoms with Gasteiger partial charge in [0.05, 0.1) is 23.5 Å². The van der Waals surface area contributed by atoms with Crippen molar-refractivity contribution < 1.29 is 19.8 Å². The molecule has 0 aliphatic carbocycles. The van der Waals surface area contributed by atoms with Gasteiger partial charge < -0.3 is 25.7 Å². The average Bonchev–Trinajstić information content (AvgIpc) is 3.63. The Balaban J connectivity index is 1.37. The molecule has 5 N–H and O–H groups in total. The van der Waals surface area contributed by atoms with Crippen LogP contribution >= 0.6 is 11.3 Å². The molecule has 0 saturated carbocycles. The fraction of sp³-hybridized carbons (Fsp3) is 0.458. The van der Waals surface area contributed by atoms with Crippen molar-refractivity contribution in [3.8, 4) is 0 Å². The van der Waals surface area contributed by atoms with Crippen LogP contribution in [0.1, 0.15) is 48.0 Å². The highest BCUT2D eigenvalue weighted by Crippen LogP contribution is 2.37. The predicted molar refractivity (Wildman–Crippen MR) is 135 cm³/mol. The van der Waals surface area contributed by atoms with E-state index in [0.717, 1.165) is 39.9 Å². The average molecular weight is 501 g/mol. The van der Waals surface area contributed by atoms with Gasteiger partial charge in [-0.1, -0.05) is 18.2 Å². The van der Waals surface area contributed by atoms with Crippen molar-refractivity contribution in [3.05, 3.63) is 52.7 Å². The van der Waals surface area contributed by atoms with Crippen LogP contribution < -0.4 is 21.1 Å². The topological polar surface area (TPSA) is 130 Å². The van der Waals surface area contributed by atoms with Gasteiger partial charge in [-0.05, 0) is 44.4 Å². The third-order valence-corrected chi connectivity index (χ3v) is 7.39. The van der Waals surface area contributed by atoms with E-state index < -0.39 is 30.1 Å². The largest absolute Gasteiger partial charge is 0.380 e. The lowest BCUT2D eigenvalue weighted by Crippen LogP contribution is -2.51. The maximum Gasteiger partial charge on any atom is 0.255 e. The molecule has 2 aromatic rings. The zero-order valence-electron chi connectivity index (χ0n) is 20.1. The number of benzene rings is 1. The number of thiazole rings is 1. The molecule has 1 aromatic carbocycles. The van der Waals surface area contributed by atoms with E-state index in [1.807, 2.05) is 48.5 Å². The number of hydrazine groups is 1. The molecule has 2 aliphatic rings. The quantitative estimate of drug-likeness (QED) is 0.370. The van der Waals surface area contributed by atoms with Crippen LogP contribution in [0, 0.1) is 6.92 Å². The molecule has 10 nitrogen and oxygen atoms in total. The summed E-state index contributed by atoms with van der Waals surface area (Å²) in [6.45, 7) is 4.93. The van der Waals surface area contributed by atoms with Crippen molar-refractivity contribution in [3.63, 3.8) is 0 Å². The lowest BCUT2D eigenvalue weighted by atomic mass is 10.1. The number of likely N-dealkylation sites (tertiary alicyclic amines) is 1. The number of carbonyl (C=O) groups is 2. The van der Waals surface area contributed by atoms with Crippen LogP contribution in [0.5, 0.6) is 0 Å². The first-order valence-electron chi connectivity index (χ1n) is 11.7. The van der Waals surface area contributed by atoms with Crippen molar-refractivity contribution >= 4 is 34.0 Å². The summed E-state index contributed by atoms with van der Waals surface area (Å²) < 4.78 is 0. The van der Waals surface area contributed by atoms with Gasteiger partial charge in [0.2, 0.25) is 0 Å². The Morgan fingerprint density at radius 2 is 1.97 bits per heavy atom. The summed E-state index contributed by atoms with van der Waals surface area (Å²) in [5, 5.41) is 29.5. The first kappa shape index (κ1) is 25.1. The van der Waals surface area contributed by atoms with Crippen molar-refractivity contribution in [2.75, 3.05) is 30.5 Å². The van der Waals surface area contributed by atoms with Crippen molar-refractivity contribution in [1.29, 1.82) is 0 Å². The van der Waals surface area contributed by atoms with E-state index in [1.165, 1.54) is 16.2 Å². The Bertz CT molecular complexity index is 1090. The first-order chi connectivity index (χ1) is 16.8.